The smallest absolute Gasteiger partial charge is 0.321 e. The fourth-order valence-electron chi connectivity index (χ4n) is 1.86. The summed E-state index contributed by atoms with van der Waals surface area (Å²) in [5.41, 5.74) is 0.151. The molecule has 1 N–H and O–H groups in total. The standard InChI is InChI=1S/C16H12BrCl2NO5S/c17-10-2-1-3-12(6-10)26(23,24)20-8-16(22)25-9-15(21)13-5-4-11(18)7-14(13)19/h1-7,20H,8-9H2. The summed E-state index contributed by atoms with van der Waals surface area (Å²) in [7, 11) is -3.88. The molecular weight excluding hydrogens is 469 g/mol. The van der Waals surface area contributed by atoms with Crippen LogP contribution in [0, 0.1) is 0 Å². The molecule has 0 saturated heterocycles. The quantitative estimate of drug-likeness (QED) is 0.484. The number of hydrogen-bond acceptors (Lipinski definition) is 5. The van der Waals surface area contributed by atoms with E-state index in [0.29, 0.717) is 9.50 Å². The Morgan fingerprint density at radius 3 is 2.50 bits per heavy atom. The molecule has 0 aliphatic rings. The van der Waals surface area contributed by atoms with Crippen LogP contribution in [0.1, 0.15) is 10.4 Å². The number of esters is 1. The Morgan fingerprint density at radius 1 is 1.12 bits per heavy atom. The van der Waals surface area contributed by atoms with Gasteiger partial charge in [-0.15, -0.1) is 0 Å². The van der Waals surface area contributed by atoms with Gasteiger partial charge in [-0.25, -0.2) is 8.42 Å². The zero-order chi connectivity index (χ0) is 19.3. The number of sulfonamides is 1. The molecule has 0 bridgehead atoms. The van der Waals surface area contributed by atoms with Gasteiger partial charge in [-0.05, 0) is 36.4 Å². The molecule has 6 nitrogen and oxygen atoms in total. The maximum atomic E-state index is 12.1. The van der Waals surface area contributed by atoms with Gasteiger partial charge < -0.3 is 4.74 Å². The minimum atomic E-state index is -3.88. The van der Waals surface area contributed by atoms with Crippen LogP contribution in [-0.2, 0) is 19.6 Å². The topological polar surface area (TPSA) is 89.5 Å². The van der Waals surface area contributed by atoms with Gasteiger partial charge in [0, 0.05) is 15.1 Å². The highest BCUT2D eigenvalue weighted by Gasteiger charge is 2.18. The molecule has 0 fully saturated rings. The molecule has 0 heterocycles. The molecule has 0 aromatic heterocycles. The maximum Gasteiger partial charge on any atom is 0.321 e. The molecule has 26 heavy (non-hydrogen) atoms. The highest BCUT2D eigenvalue weighted by molar-refractivity contribution is 9.10. The summed E-state index contributed by atoms with van der Waals surface area (Å²) in [5, 5.41) is 0.499. The Labute approximate surface area is 168 Å². The Kier molecular flexibility index (Phi) is 7.19. The van der Waals surface area contributed by atoms with Crippen molar-refractivity contribution < 1.29 is 22.7 Å². The van der Waals surface area contributed by atoms with E-state index in [1.165, 1.54) is 30.3 Å². The van der Waals surface area contributed by atoms with Crippen LogP contribution in [0.4, 0.5) is 0 Å². The minimum absolute atomic E-state index is 0.0105. The molecule has 10 heteroatoms. The van der Waals surface area contributed by atoms with E-state index < -0.39 is 34.9 Å². The Morgan fingerprint density at radius 2 is 1.85 bits per heavy atom. The van der Waals surface area contributed by atoms with Crippen LogP contribution in [0.2, 0.25) is 10.0 Å². The average Bonchev–Trinajstić information content (AvgIpc) is 2.58. The van der Waals surface area contributed by atoms with Gasteiger partial charge in [0.2, 0.25) is 15.8 Å². The number of Topliss-reactive ketones (excluding diaryl/α,β-unsaturated/α-hetero) is 1. The van der Waals surface area contributed by atoms with Gasteiger partial charge in [0.05, 0.1) is 9.92 Å². The molecule has 0 saturated carbocycles. The summed E-state index contributed by atoms with van der Waals surface area (Å²) in [4.78, 5) is 23.7. The van der Waals surface area contributed by atoms with E-state index in [1.54, 1.807) is 12.1 Å². The van der Waals surface area contributed by atoms with Crippen molar-refractivity contribution in [2.75, 3.05) is 13.2 Å². The number of carbonyl (C=O) groups excluding carboxylic acids is 2. The molecule has 0 aliphatic heterocycles. The number of carbonyl (C=O) groups is 2. The van der Waals surface area contributed by atoms with Crippen LogP contribution >= 0.6 is 39.1 Å². The van der Waals surface area contributed by atoms with Crippen molar-refractivity contribution in [2.45, 2.75) is 4.90 Å². The zero-order valence-electron chi connectivity index (χ0n) is 13.0. The van der Waals surface area contributed by atoms with Crippen LogP contribution in [0.3, 0.4) is 0 Å². The van der Waals surface area contributed by atoms with Crippen molar-refractivity contribution in [3.63, 3.8) is 0 Å². The first kappa shape index (κ1) is 20.9. The van der Waals surface area contributed by atoms with Crippen LogP contribution < -0.4 is 4.72 Å². The number of rotatable bonds is 7. The van der Waals surface area contributed by atoms with E-state index >= 15 is 0 Å². The molecule has 2 aromatic carbocycles. The van der Waals surface area contributed by atoms with Gasteiger partial charge in [-0.3, -0.25) is 9.59 Å². The van der Waals surface area contributed by atoms with Crippen molar-refractivity contribution >= 4 is 60.9 Å². The lowest BCUT2D eigenvalue weighted by Crippen LogP contribution is -2.31. The van der Waals surface area contributed by atoms with Crippen molar-refractivity contribution in [1.82, 2.24) is 4.72 Å². The summed E-state index contributed by atoms with van der Waals surface area (Å²) in [5.74, 6) is -1.43. The molecule has 0 radical (unpaired) electrons. The Hall–Kier alpha value is -1.45. The van der Waals surface area contributed by atoms with Crippen molar-refractivity contribution in [3.8, 4) is 0 Å². The Bertz CT molecular complexity index is 949. The van der Waals surface area contributed by atoms with Crippen molar-refractivity contribution in [2.24, 2.45) is 0 Å². The van der Waals surface area contributed by atoms with Gasteiger partial charge >= 0.3 is 5.97 Å². The summed E-state index contributed by atoms with van der Waals surface area (Å²) in [6, 6.07) is 10.3. The normalized spacial score (nSPS) is 11.2. The summed E-state index contributed by atoms with van der Waals surface area (Å²) in [6.07, 6.45) is 0. The van der Waals surface area contributed by atoms with Crippen LogP contribution in [0.5, 0.6) is 0 Å². The first-order valence-electron chi connectivity index (χ1n) is 7.08. The number of benzene rings is 2. The number of halogens is 3. The predicted molar refractivity (Wildman–Crippen MR) is 101 cm³/mol. The molecule has 0 aliphatic carbocycles. The van der Waals surface area contributed by atoms with E-state index in [0.717, 1.165) is 0 Å². The van der Waals surface area contributed by atoms with E-state index in [4.69, 9.17) is 27.9 Å². The lowest BCUT2D eigenvalue weighted by atomic mass is 10.1. The first-order chi connectivity index (χ1) is 12.2. The number of nitrogens with one attached hydrogen (secondary N) is 1. The third-order valence-electron chi connectivity index (χ3n) is 3.11. The molecule has 2 aromatic rings. The largest absolute Gasteiger partial charge is 0.456 e. The predicted octanol–water partition coefficient (Wildman–Crippen LogP) is 3.46. The second-order valence-corrected chi connectivity index (χ2v) is 8.52. The SMILES string of the molecule is O=C(CNS(=O)(=O)c1cccc(Br)c1)OCC(=O)c1ccc(Cl)cc1Cl. The number of ether oxygens (including phenoxy) is 1. The second kappa shape index (κ2) is 8.96. The third kappa shape index (κ3) is 5.78. The van der Waals surface area contributed by atoms with Crippen molar-refractivity contribution in [3.05, 3.63) is 62.5 Å². The minimum Gasteiger partial charge on any atom is -0.456 e. The summed E-state index contributed by atoms with van der Waals surface area (Å²) < 4.78 is 31.6. The zero-order valence-corrected chi connectivity index (χ0v) is 17.0. The lowest BCUT2D eigenvalue weighted by molar-refractivity contribution is -0.141. The van der Waals surface area contributed by atoms with E-state index in [2.05, 4.69) is 20.7 Å². The molecule has 0 amide bonds. The molecule has 138 valence electrons. The molecule has 2 rings (SSSR count). The third-order valence-corrected chi connectivity index (χ3v) is 5.55. The van der Waals surface area contributed by atoms with E-state index in [9.17, 15) is 18.0 Å². The highest BCUT2D eigenvalue weighted by Crippen LogP contribution is 2.21. The average molecular weight is 481 g/mol. The number of hydrogen-bond donors (Lipinski definition) is 1. The summed E-state index contributed by atoms with van der Waals surface area (Å²) >= 11 is 14.8. The lowest BCUT2D eigenvalue weighted by Gasteiger charge is -2.08. The van der Waals surface area contributed by atoms with Gasteiger partial charge in [-0.2, -0.15) is 4.72 Å². The first-order valence-corrected chi connectivity index (χ1v) is 10.1. The molecular formula is C16H12BrCl2NO5S. The van der Waals surface area contributed by atoms with Gasteiger partial charge in [0.15, 0.2) is 6.61 Å². The summed E-state index contributed by atoms with van der Waals surface area (Å²) in [6.45, 7) is -1.19. The Balaban J connectivity index is 1.90. The van der Waals surface area contributed by atoms with Gasteiger partial charge in [0.1, 0.15) is 6.54 Å². The van der Waals surface area contributed by atoms with E-state index in [-0.39, 0.29) is 15.5 Å². The highest BCUT2D eigenvalue weighted by atomic mass is 79.9. The molecule has 0 atom stereocenters. The van der Waals surface area contributed by atoms with Crippen LogP contribution in [0.25, 0.3) is 0 Å². The molecule has 0 unspecified atom stereocenters. The van der Waals surface area contributed by atoms with Crippen LogP contribution in [-0.4, -0.2) is 33.3 Å². The van der Waals surface area contributed by atoms with Gasteiger partial charge in [-0.1, -0.05) is 45.2 Å². The fraction of sp³-hybridized carbons (Fsp3) is 0.125. The van der Waals surface area contributed by atoms with Crippen molar-refractivity contribution in [1.29, 1.82) is 0 Å². The van der Waals surface area contributed by atoms with E-state index in [1.807, 2.05) is 0 Å². The number of ketones is 1. The second-order valence-electron chi connectivity index (χ2n) is 4.99. The fourth-order valence-corrected chi connectivity index (χ4v) is 3.94. The monoisotopic (exact) mass is 479 g/mol. The van der Waals surface area contributed by atoms with Crippen LogP contribution in [0.15, 0.2) is 51.8 Å². The van der Waals surface area contributed by atoms with Gasteiger partial charge in [0.25, 0.3) is 0 Å². The molecule has 0 spiro atoms. The maximum absolute atomic E-state index is 12.1.